The number of piperidine rings is 1. The Morgan fingerprint density at radius 3 is 2.70 bits per heavy atom. The molecule has 0 bridgehead atoms. The molecule has 0 spiro atoms. The van der Waals surface area contributed by atoms with E-state index in [1.54, 1.807) is 4.90 Å². The van der Waals surface area contributed by atoms with Crippen LogP contribution in [0.25, 0.3) is 0 Å². The lowest BCUT2D eigenvalue weighted by molar-refractivity contribution is 0.00512. The van der Waals surface area contributed by atoms with Gasteiger partial charge >= 0.3 is 6.09 Å². The number of carbonyl (C=O) groups is 2. The van der Waals surface area contributed by atoms with Crippen LogP contribution >= 0.6 is 0 Å². The Morgan fingerprint density at radius 2 is 2.09 bits per heavy atom. The van der Waals surface area contributed by atoms with Crippen LogP contribution < -0.4 is 0 Å². The minimum absolute atomic E-state index is 0.0919. The summed E-state index contributed by atoms with van der Waals surface area (Å²) in [5.41, 5.74) is -0.200. The van der Waals surface area contributed by atoms with Crippen LogP contribution in [0.3, 0.4) is 0 Å². The van der Waals surface area contributed by atoms with Crippen molar-refractivity contribution in [3.05, 3.63) is 24.3 Å². The van der Waals surface area contributed by atoms with E-state index in [0.29, 0.717) is 18.2 Å². The average Bonchev–Trinajstić information content (AvgIpc) is 2.46. The van der Waals surface area contributed by atoms with Crippen molar-refractivity contribution < 1.29 is 14.3 Å². The molecule has 1 aromatic heterocycles. The molecule has 1 aliphatic rings. The van der Waals surface area contributed by atoms with Gasteiger partial charge < -0.3 is 9.64 Å². The van der Waals surface area contributed by atoms with Crippen LogP contribution in [-0.2, 0) is 4.74 Å². The van der Waals surface area contributed by atoms with Crippen LogP contribution in [0.4, 0.5) is 4.79 Å². The average molecular weight is 319 g/mol. The summed E-state index contributed by atoms with van der Waals surface area (Å²) in [6.07, 6.45) is 6.13. The van der Waals surface area contributed by atoms with Crippen LogP contribution in [0.2, 0.25) is 0 Å². The Labute approximate surface area is 137 Å². The number of ether oxygens (including phenoxy) is 1. The fraction of sp³-hybridized carbons (Fsp3) is 0.647. The highest BCUT2D eigenvalue weighted by Gasteiger charge is 2.34. The van der Waals surface area contributed by atoms with Crippen molar-refractivity contribution in [2.75, 3.05) is 6.54 Å². The Kier molecular flexibility index (Phi) is 5.34. The number of hydrogen-bond donors (Lipinski definition) is 0. The predicted molar refractivity (Wildman–Crippen MR) is 86.1 cm³/mol. The molecular weight excluding hydrogens is 294 g/mol. The maximum Gasteiger partial charge on any atom is 0.410 e. The van der Waals surface area contributed by atoms with Crippen molar-refractivity contribution in [1.29, 1.82) is 0 Å². The van der Waals surface area contributed by atoms with Gasteiger partial charge in [0.05, 0.1) is 6.20 Å². The number of hydrogen-bond acceptors (Lipinski definition) is 5. The largest absolute Gasteiger partial charge is 0.444 e. The third-order valence-electron chi connectivity index (χ3n) is 3.88. The van der Waals surface area contributed by atoms with Crippen molar-refractivity contribution in [1.82, 2.24) is 14.9 Å². The second-order valence-electron chi connectivity index (χ2n) is 7.18. The highest BCUT2D eigenvalue weighted by molar-refractivity contribution is 5.94. The Balaban J connectivity index is 2.08. The van der Waals surface area contributed by atoms with Crippen molar-refractivity contribution >= 4 is 11.9 Å². The van der Waals surface area contributed by atoms with Gasteiger partial charge in [-0.05, 0) is 39.5 Å². The van der Waals surface area contributed by atoms with Gasteiger partial charge in [-0.3, -0.25) is 9.78 Å². The molecule has 1 amide bonds. The molecule has 2 rings (SSSR count). The molecule has 2 heterocycles. The molecule has 6 nitrogen and oxygen atoms in total. The zero-order valence-corrected chi connectivity index (χ0v) is 14.3. The quantitative estimate of drug-likeness (QED) is 0.801. The van der Waals surface area contributed by atoms with Crippen LogP contribution in [0.1, 0.15) is 57.4 Å². The molecular formula is C17H25N3O3. The molecule has 0 saturated carbocycles. The van der Waals surface area contributed by atoms with Gasteiger partial charge in [0.25, 0.3) is 0 Å². The van der Waals surface area contributed by atoms with Crippen LogP contribution in [0.5, 0.6) is 0 Å². The molecule has 2 atom stereocenters. The zero-order chi connectivity index (χ0) is 17.0. The second-order valence-corrected chi connectivity index (χ2v) is 7.18. The number of carbonyl (C=O) groups excluding carboxylic acids is 2. The number of rotatable bonds is 3. The van der Waals surface area contributed by atoms with E-state index >= 15 is 0 Å². The number of Topliss-reactive ketones (excluding diaryl/α,β-unsaturated/α-hetero) is 1. The number of likely N-dealkylation sites (tertiary alicyclic amines) is 1. The summed E-state index contributed by atoms with van der Waals surface area (Å²) in [4.78, 5) is 34.5. The number of ketones is 1. The van der Waals surface area contributed by atoms with Crippen LogP contribution in [-0.4, -0.2) is 44.9 Å². The van der Waals surface area contributed by atoms with E-state index in [9.17, 15) is 9.59 Å². The summed E-state index contributed by atoms with van der Waals surface area (Å²) in [5, 5.41) is 0. The third kappa shape index (κ3) is 5.01. The zero-order valence-electron chi connectivity index (χ0n) is 14.3. The van der Waals surface area contributed by atoms with Crippen LogP contribution in [0.15, 0.2) is 18.6 Å². The first-order valence-corrected chi connectivity index (χ1v) is 8.05. The standard InChI is InChI=1S/C17H25N3O3/c1-12-5-8-20(16(22)23-17(2,3)4)13(9-12)10-15(21)14-11-18-6-7-19-14/h6-7,11-13H,5,8-10H2,1-4H3. The first kappa shape index (κ1) is 17.4. The molecule has 6 heteroatoms. The normalized spacial score (nSPS) is 21.8. The molecule has 0 aromatic carbocycles. The fourth-order valence-electron chi connectivity index (χ4n) is 2.77. The van der Waals surface area contributed by atoms with E-state index in [1.807, 2.05) is 20.8 Å². The molecule has 0 N–H and O–H groups in total. The molecule has 1 aromatic rings. The fourth-order valence-corrected chi connectivity index (χ4v) is 2.77. The van der Waals surface area contributed by atoms with Gasteiger partial charge in [0.2, 0.25) is 0 Å². The first-order valence-electron chi connectivity index (χ1n) is 8.05. The molecule has 0 radical (unpaired) electrons. The molecule has 1 saturated heterocycles. The van der Waals surface area contributed by atoms with Gasteiger partial charge in [-0.1, -0.05) is 6.92 Å². The summed E-state index contributed by atoms with van der Waals surface area (Å²) in [6.45, 7) is 8.30. The maximum absolute atomic E-state index is 12.4. The predicted octanol–water partition coefficient (Wildman–Crippen LogP) is 3.09. The molecule has 1 fully saturated rings. The molecule has 0 aliphatic carbocycles. The Morgan fingerprint density at radius 1 is 1.35 bits per heavy atom. The van der Waals surface area contributed by atoms with E-state index in [2.05, 4.69) is 16.9 Å². The van der Waals surface area contributed by atoms with Gasteiger partial charge in [0.15, 0.2) is 5.78 Å². The lowest BCUT2D eigenvalue weighted by atomic mass is 9.89. The van der Waals surface area contributed by atoms with Crippen molar-refractivity contribution in [3.63, 3.8) is 0 Å². The number of nitrogens with zero attached hydrogens (tertiary/aromatic N) is 3. The number of amides is 1. The molecule has 126 valence electrons. The summed E-state index contributed by atoms with van der Waals surface area (Å²) in [7, 11) is 0. The Bertz CT molecular complexity index is 554. The van der Waals surface area contributed by atoms with Crippen molar-refractivity contribution in [2.45, 2.75) is 58.6 Å². The topological polar surface area (TPSA) is 72.4 Å². The van der Waals surface area contributed by atoms with Crippen molar-refractivity contribution in [3.8, 4) is 0 Å². The summed E-state index contributed by atoms with van der Waals surface area (Å²) in [5.74, 6) is 0.388. The van der Waals surface area contributed by atoms with Gasteiger partial charge in [-0.2, -0.15) is 0 Å². The minimum Gasteiger partial charge on any atom is -0.444 e. The lowest BCUT2D eigenvalue weighted by Gasteiger charge is -2.38. The smallest absolute Gasteiger partial charge is 0.410 e. The lowest BCUT2D eigenvalue weighted by Crippen LogP contribution is -2.48. The minimum atomic E-state index is -0.542. The van der Waals surface area contributed by atoms with E-state index in [1.165, 1.54) is 18.6 Å². The second kappa shape index (κ2) is 7.06. The number of aromatic nitrogens is 2. The highest BCUT2D eigenvalue weighted by Crippen LogP contribution is 2.27. The van der Waals surface area contributed by atoms with E-state index in [0.717, 1.165) is 12.8 Å². The first-order chi connectivity index (χ1) is 10.8. The van der Waals surface area contributed by atoms with E-state index < -0.39 is 5.60 Å². The molecule has 1 aliphatic heterocycles. The van der Waals surface area contributed by atoms with Crippen molar-refractivity contribution in [2.24, 2.45) is 5.92 Å². The SMILES string of the molecule is CC1CCN(C(=O)OC(C)(C)C)C(CC(=O)c2cnccn2)C1. The van der Waals surface area contributed by atoms with E-state index in [4.69, 9.17) is 4.74 Å². The summed E-state index contributed by atoms with van der Waals surface area (Å²) >= 11 is 0. The van der Waals surface area contributed by atoms with Gasteiger partial charge in [-0.25, -0.2) is 9.78 Å². The third-order valence-corrected chi connectivity index (χ3v) is 3.88. The van der Waals surface area contributed by atoms with Gasteiger partial charge in [-0.15, -0.1) is 0 Å². The van der Waals surface area contributed by atoms with Crippen LogP contribution in [0, 0.1) is 5.92 Å². The summed E-state index contributed by atoms with van der Waals surface area (Å²) in [6, 6.07) is -0.150. The molecule has 23 heavy (non-hydrogen) atoms. The Hall–Kier alpha value is -1.98. The van der Waals surface area contributed by atoms with Gasteiger partial charge in [0.1, 0.15) is 11.3 Å². The van der Waals surface area contributed by atoms with E-state index in [-0.39, 0.29) is 24.3 Å². The monoisotopic (exact) mass is 319 g/mol. The molecule has 2 unspecified atom stereocenters. The maximum atomic E-state index is 12.4. The highest BCUT2D eigenvalue weighted by atomic mass is 16.6. The summed E-state index contributed by atoms with van der Waals surface area (Å²) < 4.78 is 5.48. The van der Waals surface area contributed by atoms with Gasteiger partial charge in [0, 0.05) is 31.4 Å².